The summed E-state index contributed by atoms with van der Waals surface area (Å²) in [7, 11) is 3.91. The summed E-state index contributed by atoms with van der Waals surface area (Å²) < 4.78 is 0. The number of nitrogens with one attached hydrogen (secondary N) is 3. The minimum absolute atomic E-state index is 0.832. The first kappa shape index (κ1) is 11.8. The van der Waals surface area contributed by atoms with Crippen LogP contribution in [-0.4, -0.2) is 32.1 Å². The monoisotopic (exact) mass is 184 g/mol. The van der Waals surface area contributed by atoms with Gasteiger partial charge in [-0.25, -0.2) is 0 Å². The molecule has 0 unspecified atom stereocenters. The molecule has 0 amide bonds. The first-order valence-electron chi connectivity index (χ1n) is 4.30. The summed E-state index contributed by atoms with van der Waals surface area (Å²) in [6, 6.07) is 0. The van der Waals surface area contributed by atoms with E-state index in [1.807, 2.05) is 25.9 Å². The predicted octanol–water partition coefficient (Wildman–Crippen LogP) is 0.237. The van der Waals surface area contributed by atoms with Gasteiger partial charge in [-0.3, -0.25) is 5.43 Å². The first-order chi connectivity index (χ1) is 6.07. The van der Waals surface area contributed by atoms with Gasteiger partial charge in [-0.15, -0.1) is 0 Å². The molecule has 0 aliphatic carbocycles. The van der Waals surface area contributed by atoms with Crippen LogP contribution in [0.3, 0.4) is 0 Å². The molecule has 3 N–H and O–H groups in total. The molecule has 4 nitrogen and oxygen atoms in total. The molecule has 0 bridgehead atoms. The predicted molar refractivity (Wildman–Crippen MR) is 56.8 cm³/mol. The van der Waals surface area contributed by atoms with Crippen LogP contribution in [0.15, 0.2) is 24.7 Å². The molecular weight excluding hydrogens is 164 g/mol. The van der Waals surface area contributed by atoms with Gasteiger partial charge in [0.05, 0.1) is 0 Å². The van der Waals surface area contributed by atoms with E-state index < -0.39 is 0 Å². The lowest BCUT2D eigenvalue weighted by Crippen LogP contribution is -2.38. The quantitative estimate of drug-likeness (QED) is 0.496. The standard InChI is InChI=1S/C9H20N4/c1-8(2)11-12-9(3)13(5)7-6-10-4/h10-12H,1,3,6-7H2,2,4-5H3. The summed E-state index contributed by atoms with van der Waals surface area (Å²) in [5.74, 6) is 0.832. The van der Waals surface area contributed by atoms with Crippen LogP contribution in [-0.2, 0) is 0 Å². The van der Waals surface area contributed by atoms with E-state index in [1.54, 1.807) is 0 Å². The average molecular weight is 184 g/mol. The Morgan fingerprint density at radius 3 is 2.38 bits per heavy atom. The Bertz CT molecular complexity index is 176. The van der Waals surface area contributed by atoms with Gasteiger partial charge in [0, 0.05) is 25.8 Å². The number of hydrogen-bond donors (Lipinski definition) is 3. The van der Waals surface area contributed by atoms with Crippen molar-refractivity contribution in [1.29, 1.82) is 0 Å². The Kier molecular flexibility index (Phi) is 5.80. The van der Waals surface area contributed by atoms with Gasteiger partial charge in [-0.2, -0.15) is 0 Å². The molecule has 0 rings (SSSR count). The van der Waals surface area contributed by atoms with E-state index in [0.717, 1.165) is 24.6 Å². The topological polar surface area (TPSA) is 39.3 Å². The molecule has 4 heteroatoms. The molecule has 0 fully saturated rings. The zero-order valence-corrected chi connectivity index (χ0v) is 8.78. The van der Waals surface area contributed by atoms with Crippen LogP contribution in [0.1, 0.15) is 6.92 Å². The lowest BCUT2D eigenvalue weighted by atomic mass is 10.5. The summed E-state index contributed by atoms with van der Waals surface area (Å²) in [6.45, 7) is 11.3. The summed E-state index contributed by atoms with van der Waals surface area (Å²) in [4.78, 5) is 2.02. The van der Waals surface area contributed by atoms with E-state index >= 15 is 0 Å². The van der Waals surface area contributed by atoms with Gasteiger partial charge in [-0.1, -0.05) is 13.2 Å². The summed E-state index contributed by atoms with van der Waals surface area (Å²) in [5, 5.41) is 3.07. The van der Waals surface area contributed by atoms with Crippen LogP contribution in [0.2, 0.25) is 0 Å². The second kappa shape index (κ2) is 6.37. The SMILES string of the molecule is C=C(C)NNC(=C)N(C)CCNC. The number of rotatable bonds is 7. The molecule has 0 saturated heterocycles. The average Bonchev–Trinajstić information content (AvgIpc) is 2.10. The van der Waals surface area contributed by atoms with Gasteiger partial charge in [0.25, 0.3) is 0 Å². The number of nitrogens with zero attached hydrogens (tertiary/aromatic N) is 1. The third-order valence-electron chi connectivity index (χ3n) is 1.58. The van der Waals surface area contributed by atoms with Crippen LogP contribution in [0.4, 0.5) is 0 Å². The minimum atomic E-state index is 0.832. The second-order valence-electron chi connectivity index (χ2n) is 3.00. The van der Waals surface area contributed by atoms with Gasteiger partial charge in [-0.05, 0) is 14.0 Å². The molecule has 0 aromatic rings. The zero-order valence-electron chi connectivity index (χ0n) is 8.78. The van der Waals surface area contributed by atoms with Crippen molar-refractivity contribution in [3.63, 3.8) is 0 Å². The van der Waals surface area contributed by atoms with Crippen molar-refractivity contribution in [2.24, 2.45) is 0 Å². The van der Waals surface area contributed by atoms with Crippen LogP contribution in [0, 0.1) is 0 Å². The van der Waals surface area contributed by atoms with Crippen LogP contribution in [0.25, 0.3) is 0 Å². The molecule has 0 aromatic carbocycles. The molecule has 0 atom stereocenters. The Morgan fingerprint density at radius 2 is 1.92 bits per heavy atom. The van der Waals surface area contributed by atoms with Crippen LogP contribution in [0.5, 0.6) is 0 Å². The zero-order chi connectivity index (χ0) is 10.3. The maximum absolute atomic E-state index is 3.86. The molecule has 0 radical (unpaired) electrons. The molecule has 76 valence electrons. The van der Waals surface area contributed by atoms with Crippen LogP contribution < -0.4 is 16.2 Å². The fourth-order valence-corrected chi connectivity index (χ4v) is 0.689. The molecule has 0 spiro atoms. The van der Waals surface area contributed by atoms with E-state index in [4.69, 9.17) is 0 Å². The van der Waals surface area contributed by atoms with E-state index in [2.05, 4.69) is 29.3 Å². The van der Waals surface area contributed by atoms with E-state index in [9.17, 15) is 0 Å². The Balaban J connectivity index is 3.63. The fraction of sp³-hybridized carbons (Fsp3) is 0.556. The van der Waals surface area contributed by atoms with Gasteiger partial charge in [0.1, 0.15) is 5.82 Å². The highest BCUT2D eigenvalue weighted by molar-refractivity contribution is 4.92. The van der Waals surface area contributed by atoms with Crippen LogP contribution >= 0.6 is 0 Å². The lowest BCUT2D eigenvalue weighted by molar-refractivity contribution is 0.373. The third-order valence-corrected chi connectivity index (χ3v) is 1.58. The molecule has 13 heavy (non-hydrogen) atoms. The van der Waals surface area contributed by atoms with E-state index in [-0.39, 0.29) is 0 Å². The number of hydrogen-bond acceptors (Lipinski definition) is 4. The van der Waals surface area contributed by atoms with Crippen molar-refractivity contribution >= 4 is 0 Å². The summed E-state index contributed by atoms with van der Waals surface area (Å²) in [5.41, 5.74) is 6.71. The Morgan fingerprint density at radius 1 is 1.31 bits per heavy atom. The smallest absolute Gasteiger partial charge is 0.112 e. The summed E-state index contributed by atoms with van der Waals surface area (Å²) in [6.07, 6.45) is 0. The first-order valence-corrected chi connectivity index (χ1v) is 4.30. The van der Waals surface area contributed by atoms with Gasteiger partial charge >= 0.3 is 0 Å². The third kappa shape index (κ3) is 6.04. The van der Waals surface area contributed by atoms with Gasteiger partial charge < -0.3 is 15.6 Å². The number of allylic oxidation sites excluding steroid dienone is 1. The van der Waals surface area contributed by atoms with E-state index in [0.29, 0.717) is 0 Å². The second-order valence-corrected chi connectivity index (χ2v) is 3.00. The Hall–Kier alpha value is -1.16. The normalized spacial score (nSPS) is 9.15. The van der Waals surface area contributed by atoms with Crippen molar-refractivity contribution in [3.05, 3.63) is 24.7 Å². The van der Waals surface area contributed by atoms with Gasteiger partial charge in [0.15, 0.2) is 0 Å². The molecule has 0 aliphatic rings. The van der Waals surface area contributed by atoms with Crippen molar-refractivity contribution in [2.45, 2.75) is 6.92 Å². The number of hydrazine groups is 1. The molecule has 0 heterocycles. The maximum atomic E-state index is 3.86. The lowest BCUT2D eigenvalue weighted by Gasteiger charge is -2.23. The highest BCUT2D eigenvalue weighted by Crippen LogP contribution is 1.90. The van der Waals surface area contributed by atoms with Crippen molar-refractivity contribution in [3.8, 4) is 0 Å². The highest BCUT2D eigenvalue weighted by Gasteiger charge is 1.98. The number of likely N-dealkylation sites (N-methyl/N-ethyl adjacent to an activating group) is 2. The summed E-state index contributed by atoms with van der Waals surface area (Å²) >= 11 is 0. The largest absolute Gasteiger partial charge is 0.359 e. The highest BCUT2D eigenvalue weighted by atomic mass is 15.4. The molecular formula is C9H20N4. The maximum Gasteiger partial charge on any atom is 0.112 e. The molecule has 0 aromatic heterocycles. The van der Waals surface area contributed by atoms with E-state index in [1.165, 1.54) is 0 Å². The van der Waals surface area contributed by atoms with Crippen molar-refractivity contribution in [1.82, 2.24) is 21.1 Å². The van der Waals surface area contributed by atoms with Crippen molar-refractivity contribution in [2.75, 3.05) is 27.2 Å². The van der Waals surface area contributed by atoms with Gasteiger partial charge in [0.2, 0.25) is 0 Å². The molecule has 0 aliphatic heterocycles. The Labute approximate surface area is 80.7 Å². The minimum Gasteiger partial charge on any atom is -0.359 e. The fourth-order valence-electron chi connectivity index (χ4n) is 0.689. The van der Waals surface area contributed by atoms with Crippen molar-refractivity contribution < 1.29 is 0 Å². The molecule has 0 saturated carbocycles.